The van der Waals surface area contributed by atoms with Crippen molar-refractivity contribution in [2.75, 3.05) is 11.1 Å². The molecule has 0 aliphatic heterocycles. The first-order valence-electron chi connectivity index (χ1n) is 4.49. The van der Waals surface area contributed by atoms with E-state index in [-0.39, 0.29) is 11.2 Å². The molecule has 84 valence electrons. The fraction of sp³-hybridized carbons (Fsp3) is 0.250. The lowest BCUT2D eigenvalue weighted by molar-refractivity contribution is 0.756. The van der Waals surface area contributed by atoms with Crippen LogP contribution in [0.2, 0.25) is 5.28 Å². The maximum absolute atomic E-state index is 5.66. The Labute approximate surface area is 96.7 Å². The maximum Gasteiger partial charge on any atom is 0.233 e. The fourth-order valence-electron chi connectivity index (χ4n) is 1.26. The smallest absolute Gasteiger partial charge is 0.233 e. The number of hydrogen-bond donors (Lipinski definition) is 2. The maximum atomic E-state index is 5.66. The van der Waals surface area contributed by atoms with Crippen LogP contribution < -0.4 is 11.1 Å². The minimum Gasteiger partial charge on any atom is -0.368 e. The van der Waals surface area contributed by atoms with Gasteiger partial charge >= 0.3 is 0 Å². The van der Waals surface area contributed by atoms with Gasteiger partial charge < -0.3 is 11.1 Å². The van der Waals surface area contributed by atoms with Crippen LogP contribution in [0.4, 0.5) is 17.6 Å². The first-order valence-corrected chi connectivity index (χ1v) is 4.86. The molecular formula is C8H10ClN7. The zero-order chi connectivity index (χ0) is 11.7. The molecule has 0 radical (unpaired) electrons. The number of aryl methyl sites for hydroxylation is 2. The van der Waals surface area contributed by atoms with Crippen molar-refractivity contribution in [2.24, 2.45) is 7.05 Å². The number of nitrogen functional groups attached to an aromatic ring is 1. The third-order valence-electron chi connectivity index (χ3n) is 1.89. The molecule has 0 aliphatic carbocycles. The van der Waals surface area contributed by atoms with Gasteiger partial charge in [0.2, 0.25) is 17.2 Å². The van der Waals surface area contributed by atoms with E-state index in [0.717, 1.165) is 11.4 Å². The van der Waals surface area contributed by atoms with E-state index in [1.165, 1.54) is 0 Å². The van der Waals surface area contributed by atoms with Gasteiger partial charge in [0, 0.05) is 13.2 Å². The van der Waals surface area contributed by atoms with Crippen LogP contribution in [0, 0.1) is 6.92 Å². The summed E-state index contributed by atoms with van der Waals surface area (Å²) in [4.78, 5) is 11.5. The molecule has 2 aromatic rings. The molecule has 0 aliphatic rings. The van der Waals surface area contributed by atoms with Crippen molar-refractivity contribution in [3.05, 3.63) is 17.2 Å². The Morgan fingerprint density at radius 1 is 1.38 bits per heavy atom. The fourth-order valence-corrected chi connectivity index (χ4v) is 1.43. The lowest BCUT2D eigenvalue weighted by atomic mass is 10.4. The summed E-state index contributed by atoms with van der Waals surface area (Å²) in [5, 5.41) is 7.19. The van der Waals surface area contributed by atoms with E-state index in [2.05, 4.69) is 25.4 Å². The van der Waals surface area contributed by atoms with Crippen molar-refractivity contribution >= 4 is 29.2 Å². The number of nitrogens with one attached hydrogen (secondary N) is 1. The molecule has 7 nitrogen and oxygen atoms in total. The summed E-state index contributed by atoms with van der Waals surface area (Å²) < 4.78 is 1.68. The van der Waals surface area contributed by atoms with Gasteiger partial charge in [-0.05, 0) is 18.5 Å². The van der Waals surface area contributed by atoms with E-state index in [4.69, 9.17) is 17.3 Å². The minimum atomic E-state index is 0.0524. The highest BCUT2D eigenvalue weighted by molar-refractivity contribution is 6.28. The van der Waals surface area contributed by atoms with Gasteiger partial charge in [0.05, 0.1) is 11.4 Å². The second-order valence-corrected chi connectivity index (χ2v) is 3.55. The predicted octanol–water partition coefficient (Wildman–Crippen LogP) is 0.893. The first-order chi connectivity index (χ1) is 7.54. The van der Waals surface area contributed by atoms with Crippen LogP contribution in [0.1, 0.15) is 5.69 Å². The van der Waals surface area contributed by atoms with E-state index in [0.29, 0.717) is 5.95 Å². The van der Waals surface area contributed by atoms with Gasteiger partial charge in [-0.1, -0.05) is 0 Å². The van der Waals surface area contributed by atoms with Gasteiger partial charge in [0.25, 0.3) is 0 Å². The predicted molar refractivity (Wildman–Crippen MR) is 60.5 cm³/mol. The summed E-state index contributed by atoms with van der Waals surface area (Å²) in [7, 11) is 1.83. The molecule has 0 saturated carbocycles. The largest absolute Gasteiger partial charge is 0.368 e. The normalized spacial score (nSPS) is 10.4. The molecule has 3 N–H and O–H groups in total. The van der Waals surface area contributed by atoms with Gasteiger partial charge in [-0.2, -0.15) is 20.1 Å². The monoisotopic (exact) mass is 239 g/mol. The Balaban J connectivity index is 2.30. The van der Waals surface area contributed by atoms with Crippen LogP contribution >= 0.6 is 11.6 Å². The average molecular weight is 240 g/mol. The summed E-state index contributed by atoms with van der Waals surface area (Å²) in [5.74, 6) is 0.373. The molecule has 2 heterocycles. The van der Waals surface area contributed by atoms with Crippen molar-refractivity contribution < 1.29 is 0 Å². The summed E-state index contributed by atoms with van der Waals surface area (Å²) in [6.07, 6.45) is 1.81. The number of nitrogens with zero attached hydrogens (tertiary/aromatic N) is 5. The standard InChI is InChI=1S/C8H10ClN7/c1-4-5(3-16(2)15-4)11-8-13-6(9)12-7(10)14-8/h3H,1-2H3,(H3,10,11,12,13,14). The van der Waals surface area contributed by atoms with Crippen LogP contribution in [0.5, 0.6) is 0 Å². The van der Waals surface area contributed by atoms with Crippen molar-refractivity contribution in [3.8, 4) is 0 Å². The molecule has 2 rings (SSSR count). The second kappa shape index (κ2) is 3.93. The van der Waals surface area contributed by atoms with Gasteiger partial charge in [-0.25, -0.2) is 0 Å². The van der Waals surface area contributed by atoms with Crippen molar-refractivity contribution in [1.29, 1.82) is 0 Å². The molecule has 0 aromatic carbocycles. The summed E-state index contributed by atoms with van der Waals surface area (Å²) >= 11 is 5.66. The highest BCUT2D eigenvalue weighted by atomic mass is 35.5. The Morgan fingerprint density at radius 2 is 2.12 bits per heavy atom. The Bertz CT molecular complexity index is 501. The van der Waals surface area contributed by atoms with Gasteiger partial charge in [-0.3, -0.25) is 4.68 Å². The summed E-state index contributed by atoms with van der Waals surface area (Å²) in [6.45, 7) is 1.87. The first kappa shape index (κ1) is 10.6. The minimum absolute atomic E-state index is 0.0524. The molecule has 0 bridgehead atoms. The molecule has 0 spiro atoms. The number of anilines is 3. The molecule has 0 unspecified atom stereocenters. The molecule has 8 heteroatoms. The second-order valence-electron chi connectivity index (χ2n) is 3.21. The molecule has 0 atom stereocenters. The highest BCUT2D eigenvalue weighted by Crippen LogP contribution is 2.17. The number of nitrogens with two attached hydrogens (primary N) is 1. The average Bonchev–Trinajstić information content (AvgIpc) is 2.43. The lowest BCUT2D eigenvalue weighted by Gasteiger charge is -2.02. The number of halogens is 1. The molecule has 0 fully saturated rings. The van der Waals surface area contributed by atoms with Crippen LogP contribution in [0.3, 0.4) is 0 Å². The number of hydrogen-bond acceptors (Lipinski definition) is 6. The lowest BCUT2D eigenvalue weighted by Crippen LogP contribution is -2.03. The van der Waals surface area contributed by atoms with Crippen LogP contribution in [-0.4, -0.2) is 24.7 Å². The van der Waals surface area contributed by atoms with E-state index in [9.17, 15) is 0 Å². The van der Waals surface area contributed by atoms with E-state index >= 15 is 0 Å². The van der Waals surface area contributed by atoms with E-state index < -0.39 is 0 Å². The van der Waals surface area contributed by atoms with Crippen molar-refractivity contribution in [2.45, 2.75) is 6.92 Å². The zero-order valence-electron chi connectivity index (χ0n) is 8.77. The van der Waals surface area contributed by atoms with Crippen LogP contribution in [0.25, 0.3) is 0 Å². The van der Waals surface area contributed by atoms with Crippen molar-refractivity contribution in [3.63, 3.8) is 0 Å². The number of rotatable bonds is 2. The van der Waals surface area contributed by atoms with Gasteiger partial charge in [-0.15, -0.1) is 0 Å². The summed E-state index contributed by atoms with van der Waals surface area (Å²) in [5.41, 5.74) is 7.08. The van der Waals surface area contributed by atoms with E-state index in [1.54, 1.807) is 4.68 Å². The highest BCUT2D eigenvalue weighted by Gasteiger charge is 2.07. The molecular weight excluding hydrogens is 230 g/mol. The third kappa shape index (κ3) is 2.19. The van der Waals surface area contributed by atoms with Crippen LogP contribution in [0.15, 0.2) is 6.20 Å². The zero-order valence-corrected chi connectivity index (χ0v) is 9.52. The molecule has 2 aromatic heterocycles. The van der Waals surface area contributed by atoms with Gasteiger partial charge in [0.1, 0.15) is 0 Å². The Kier molecular flexibility index (Phi) is 2.61. The van der Waals surface area contributed by atoms with Crippen LogP contribution in [-0.2, 0) is 7.05 Å². The molecule has 0 amide bonds. The third-order valence-corrected chi connectivity index (χ3v) is 2.05. The van der Waals surface area contributed by atoms with Gasteiger partial charge in [0.15, 0.2) is 0 Å². The van der Waals surface area contributed by atoms with E-state index in [1.807, 2.05) is 20.2 Å². The quantitative estimate of drug-likeness (QED) is 0.808. The van der Waals surface area contributed by atoms with Crippen molar-refractivity contribution in [1.82, 2.24) is 24.7 Å². The molecule has 0 saturated heterocycles. The SMILES string of the molecule is Cc1nn(C)cc1Nc1nc(N)nc(Cl)n1. The Hall–Kier alpha value is -1.89. The number of aromatic nitrogens is 5. The molecule has 16 heavy (non-hydrogen) atoms. The summed E-state index contributed by atoms with van der Waals surface area (Å²) in [6, 6.07) is 0. The Morgan fingerprint density at radius 3 is 2.69 bits per heavy atom. The topological polar surface area (TPSA) is 94.5 Å².